The lowest BCUT2D eigenvalue weighted by atomic mass is 10.0. The number of benzene rings is 1. The van der Waals surface area contributed by atoms with Gasteiger partial charge < -0.3 is 19.9 Å². The van der Waals surface area contributed by atoms with Crippen molar-refractivity contribution in [3.8, 4) is 5.75 Å². The minimum atomic E-state index is 0.213. The molecule has 0 aliphatic carbocycles. The van der Waals surface area contributed by atoms with Crippen LogP contribution in [0.1, 0.15) is 22.9 Å². The van der Waals surface area contributed by atoms with Crippen molar-refractivity contribution >= 4 is 10.9 Å². The third kappa shape index (κ3) is 2.19. The van der Waals surface area contributed by atoms with Gasteiger partial charge >= 0.3 is 0 Å². The number of hydrogen-bond donors (Lipinski definition) is 1. The molecule has 1 aromatic carbocycles. The molecule has 0 saturated carbocycles. The summed E-state index contributed by atoms with van der Waals surface area (Å²) in [6.45, 7) is 4.85. The summed E-state index contributed by atoms with van der Waals surface area (Å²) in [6.07, 6.45) is 0. The Morgan fingerprint density at radius 2 is 1.95 bits per heavy atom. The first-order valence-corrected chi connectivity index (χ1v) is 6.92. The number of nitrogens with zero attached hydrogens (tertiary/aromatic N) is 2. The maximum atomic E-state index is 6.00. The van der Waals surface area contributed by atoms with E-state index in [9.17, 15) is 0 Å². The molecule has 0 bridgehead atoms. The summed E-state index contributed by atoms with van der Waals surface area (Å²) < 4.78 is 7.77. The summed E-state index contributed by atoms with van der Waals surface area (Å²) in [5.74, 6) is 0.923. The van der Waals surface area contributed by atoms with Gasteiger partial charge in [0, 0.05) is 30.7 Å². The normalized spacial score (nSPS) is 13.2. The zero-order valence-electron chi connectivity index (χ0n) is 13.3. The van der Waals surface area contributed by atoms with E-state index < -0.39 is 0 Å². The molecule has 1 unspecified atom stereocenters. The third-order valence-corrected chi connectivity index (χ3v) is 4.14. The second-order valence-electron chi connectivity index (χ2n) is 5.64. The van der Waals surface area contributed by atoms with Gasteiger partial charge in [0.2, 0.25) is 0 Å². The fourth-order valence-electron chi connectivity index (χ4n) is 3.00. The maximum absolute atomic E-state index is 6.00. The van der Waals surface area contributed by atoms with Gasteiger partial charge in [-0.3, -0.25) is 0 Å². The summed E-state index contributed by atoms with van der Waals surface area (Å²) in [7, 11) is 7.95. The van der Waals surface area contributed by atoms with Crippen molar-refractivity contribution in [3.05, 3.63) is 29.0 Å². The van der Waals surface area contributed by atoms with E-state index in [-0.39, 0.29) is 6.04 Å². The van der Waals surface area contributed by atoms with Crippen LogP contribution in [0.15, 0.2) is 12.1 Å². The number of aryl methyl sites for hydroxylation is 2. The average Bonchev–Trinajstić information content (AvgIpc) is 2.63. The van der Waals surface area contributed by atoms with Crippen LogP contribution in [0, 0.1) is 13.8 Å². The van der Waals surface area contributed by atoms with Gasteiger partial charge in [0.25, 0.3) is 0 Å². The number of hydrogen-bond acceptors (Lipinski definition) is 3. The van der Waals surface area contributed by atoms with Crippen LogP contribution in [0.5, 0.6) is 5.75 Å². The lowest BCUT2D eigenvalue weighted by molar-refractivity contribution is 0.306. The molecule has 2 N–H and O–H groups in total. The van der Waals surface area contributed by atoms with Crippen molar-refractivity contribution in [1.82, 2.24) is 9.47 Å². The highest BCUT2D eigenvalue weighted by Gasteiger charge is 2.23. The average molecular weight is 275 g/mol. The molecule has 1 heterocycles. The lowest BCUT2D eigenvalue weighted by Crippen LogP contribution is -2.27. The number of fused-ring (bicyclic) bond motifs is 1. The molecule has 20 heavy (non-hydrogen) atoms. The molecule has 0 amide bonds. The van der Waals surface area contributed by atoms with Crippen LogP contribution in [-0.4, -0.2) is 37.2 Å². The van der Waals surface area contributed by atoms with Crippen LogP contribution in [0.3, 0.4) is 0 Å². The largest absolute Gasteiger partial charge is 0.495 e. The van der Waals surface area contributed by atoms with Crippen molar-refractivity contribution in [2.24, 2.45) is 12.8 Å². The van der Waals surface area contributed by atoms with Crippen molar-refractivity contribution in [2.75, 3.05) is 27.7 Å². The van der Waals surface area contributed by atoms with E-state index in [1.807, 2.05) is 0 Å². The third-order valence-electron chi connectivity index (χ3n) is 4.14. The van der Waals surface area contributed by atoms with E-state index in [4.69, 9.17) is 10.5 Å². The topological polar surface area (TPSA) is 43.4 Å². The molecule has 4 nitrogen and oxygen atoms in total. The molecule has 0 aliphatic heterocycles. The van der Waals surface area contributed by atoms with Gasteiger partial charge in [-0.15, -0.1) is 0 Å². The molecular weight excluding hydrogens is 250 g/mol. The molecule has 2 rings (SSSR count). The summed E-state index contributed by atoms with van der Waals surface area (Å²) in [5.41, 5.74) is 10.9. The molecule has 1 aromatic heterocycles. The van der Waals surface area contributed by atoms with Crippen LogP contribution in [-0.2, 0) is 7.05 Å². The standard InChI is InChI=1S/C16H25N3O/c1-10-7-12-15(13(9-17)18(3)4)11(2)19(5)16(12)14(8-10)20-6/h7-8,13H,9,17H2,1-6H3. The molecule has 0 spiro atoms. The Labute approximate surface area is 121 Å². The van der Waals surface area contributed by atoms with E-state index in [1.54, 1.807) is 7.11 Å². The summed E-state index contributed by atoms with van der Waals surface area (Å²) in [4.78, 5) is 2.18. The van der Waals surface area contributed by atoms with Crippen LogP contribution < -0.4 is 10.5 Å². The highest BCUT2D eigenvalue weighted by atomic mass is 16.5. The molecule has 0 radical (unpaired) electrons. The number of rotatable bonds is 4. The zero-order chi connectivity index (χ0) is 15.0. The van der Waals surface area contributed by atoms with Gasteiger partial charge in [0.05, 0.1) is 12.6 Å². The first kappa shape index (κ1) is 14.9. The van der Waals surface area contributed by atoms with Gasteiger partial charge in [0.15, 0.2) is 0 Å². The minimum absolute atomic E-state index is 0.213. The monoisotopic (exact) mass is 275 g/mol. The molecule has 0 fully saturated rings. The highest BCUT2D eigenvalue weighted by Crippen LogP contribution is 2.37. The van der Waals surface area contributed by atoms with E-state index >= 15 is 0 Å². The number of aromatic nitrogens is 1. The predicted octanol–water partition coefficient (Wildman–Crippen LogP) is 2.37. The quantitative estimate of drug-likeness (QED) is 0.931. The Morgan fingerprint density at radius 1 is 1.30 bits per heavy atom. The number of methoxy groups -OCH3 is 1. The smallest absolute Gasteiger partial charge is 0.143 e. The van der Waals surface area contributed by atoms with Crippen LogP contribution in [0.4, 0.5) is 0 Å². The summed E-state index contributed by atoms with van der Waals surface area (Å²) in [5, 5.41) is 1.24. The molecule has 110 valence electrons. The zero-order valence-corrected chi connectivity index (χ0v) is 13.3. The summed E-state index contributed by atoms with van der Waals surface area (Å²) >= 11 is 0. The number of likely N-dealkylation sites (N-methyl/N-ethyl adjacent to an activating group) is 1. The van der Waals surface area contributed by atoms with Gasteiger partial charge in [0.1, 0.15) is 5.75 Å². The highest BCUT2D eigenvalue weighted by molar-refractivity contribution is 5.91. The Bertz CT molecular complexity index is 628. The SMILES string of the molecule is COc1cc(C)cc2c(C(CN)N(C)C)c(C)n(C)c12. The van der Waals surface area contributed by atoms with E-state index in [2.05, 4.69) is 56.6 Å². The predicted molar refractivity (Wildman–Crippen MR) is 84.4 cm³/mol. The molecule has 0 saturated heterocycles. The fraction of sp³-hybridized carbons (Fsp3) is 0.500. The van der Waals surface area contributed by atoms with Gasteiger partial charge in [-0.05, 0) is 51.2 Å². The lowest BCUT2D eigenvalue weighted by Gasteiger charge is -2.23. The van der Waals surface area contributed by atoms with Gasteiger partial charge in [-0.1, -0.05) is 0 Å². The Hall–Kier alpha value is -1.52. The van der Waals surface area contributed by atoms with E-state index in [0.717, 1.165) is 11.3 Å². The summed E-state index contributed by atoms with van der Waals surface area (Å²) in [6, 6.07) is 4.52. The van der Waals surface area contributed by atoms with Crippen LogP contribution in [0.2, 0.25) is 0 Å². The maximum Gasteiger partial charge on any atom is 0.143 e. The second kappa shape index (κ2) is 5.46. The van der Waals surface area contributed by atoms with Gasteiger partial charge in [-0.25, -0.2) is 0 Å². The first-order valence-electron chi connectivity index (χ1n) is 6.92. The first-order chi connectivity index (χ1) is 9.42. The molecular formula is C16H25N3O. The Balaban J connectivity index is 2.85. The van der Waals surface area contributed by atoms with Crippen LogP contribution in [0.25, 0.3) is 10.9 Å². The molecule has 0 aliphatic rings. The molecule has 2 aromatic rings. The van der Waals surface area contributed by atoms with E-state index in [1.165, 1.54) is 22.2 Å². The molecule has 1 atom stereocenters. The number of nitrogens with two attached hydrogens (primary N) is 1. The van der Waals surface area contributed by atoms with Crippen molar-refractivity contribution in [2.45, 2.75) is 19.9 Å². The number of ether oxygens (including phenoxy) is 1. The Kier molecular flexibility index (Phi) is 4.06. The van der Waals surface area contributed by atoms with Gasteiger partial charge in [-0.2, -0.15) is 0 Å². The second-order valence-corrected chi connectivity index (χ2v) is 5.64. The van der Waals surface area contributed by atoms with Crippen molar-refractivity contribution in [1.29, 1.82) is 0 Å². The molecule has 4 heteroatoms. The van der Waals surface area contributed by atoms with E-state index in [0.29, 0.717) is 6.54 Å². The Morgan fingerprint density at radius 3 is 2.45 bits per heavy atom. The minimum Gasteiger partial charge on any atom is -0.495 e. The van der Waals surface area contributed by atoms with Crippen molar-refractivity contribution in [3.63, 3.8) is 0 Å². The van der Waals surface area contributed by atoms with Crippen LogP contribution >= 0.6 is 0 Å². The fourth-order valence-corrected chi connectivity index (χ4v) is 3.00. The van der Waals surface area contributed by atoms with Crippen molar-refractivity contribution < 1.29 is 4.74 Å².